The standard InChI is InChI=1S/C30H35NO3Si/c1-30(2,3)35(24-14-8-6-9-15-24,25-16-10-7-11-17-25)34-22-23(20-29(32)33-5)27-21-31(4)28-19-13-12-18-26(27)28/h6-19,21,23H,20,22H2,1-5H3/t23-/m1/s1. The zero-order valence-electron chi connectivity index (χ0n) is 21.3. The molecule has 1 atom stereocenters. The lowest BCUT2D eigenvalue weighted by Gasteiger charge is -2.43. The van der Waals surface area contributed by atoms with E-state index in [1.807, 2.05) is 31.3 Å². The average Bonchev–Trinajstić information content (AvgIpc) is 3.20. The van der Waals surface area contributed by atoms with E-state index >= 15 is 0 Å². The van der Waals surface area contributed by atoms with Crippen molar-refractivity contribution >= 4 is 35.6 Å². The topological polar surface area (TPSA) is 40.5 Å². The molecule has 0 bridgehead atoms. The van der Waals surface area contributed by atoms with Crippen molar-refractivity contribution in [2.75, 3.05) is 13.7 Å². The number of aryl methyl sites for hydroxylation is 1. The van der Waals surface area contributed by atoms with Crippen molar-refractivity contribution in [3.63, 3.8) is 0 Å². The largest absolute Gasteiger partial charge is 0.469 e. The van der Waals surface area contributed by atoms with Gasteiger partial charge in [0.2, 0.25) is 0 Å². The Morgan fingerprint density at radius 3 is 1.97 bits per heavy atom. The fourth-order valence-corrected chi connectivity index (χ4v) is 9.84. The monoisotopic (exact) mass is 485 g/mol. The first-order valence-electron chi connectivity index (χ1n) is 12.1. The highest BCUT2D eigenvalue weighted by Crippen LogP contribution is 2.38. The maximum Gasteiger partial charge on any atom is 0.306 e. The number of para-hydroxylation sites is 1. The lowest BCUT2D eigenvalue weighted by molar-refractivity contribution is -0.141. The molecule has 0 aliphatic rings. The first kappa shape index (κ1) is 25.0. The Hall–Kier alpha value is -3.15. The van der Waals surface area contributed by atoms with Crippen molar-refractivity contribution in [3.05, 3.63) is 96.7 Å². The maximum atomic E-state index is 12.5. The van der Waals surface area contributed by atoms with E-state index in [1.54, 1.807) is 0 Å². The van der Waals surface area contributed by atoms with Crippen LogP contribution in [0.15, 0.2) is 91.1 Å². The summed E-state index contributed by atoms with van der Waals surface area (Å²) in [6.07, 6.45) is 2.40. The van der Waals surface area contributed by atoms with Gasteiger partial charge < -0.3 is 13.7 Å². The van der Waals surface area contributed by atoms with Gasteiger partial charge in [0.1, 0.15) is 0 Å². The van der Waals surface area contributed by atoms with E-state index in [9.17, 15) is 4.79 Å². The van der Waals surface area contributed by atoms with Gasteiger partial charge in [-0.1, -0.05) is 99.6 Å². The van der Waals surface area contributed by atoms with Gasteiger partial charge >= 0.3 is 5.97 Å². The van der Waals surface area contributed by atoms with Gasteiger partial charge in [-0.2, -0.15) is 0 Å². The number of carbonyl (C=O) groups is 1. The van der Waals surface area contributed by atoms with E-state index in [1.165, 1.54) is 17.5 Å². The third kappa shape index (κ3) is 4.84. The Bertz CT molecular complexity index is 1240. The molecule has 0 unspecified atom stereocenters. The number of esters is 1. The smallest absolute Gasteiger partial charge is 0.306 e. The number of carbonyl (C=O) groups excluding carboxylic acids is 1. The van der Waals surface area contributed by atoms with Crippen LogP contribution in [0.1, 0.15) is 38.7 Å². The van der Waals surface area contributed by atoms with Crippen LogP contribution < -0.4 is 10.4 Å². The van der Waals surface area contributed by atoms with Gasteiger partial charge in [-0.25, -0.2) is 0 Å². The molecule has 35 heavy (non-hydrogen) atoms. The Morgan fingerprint density at radius 2 is 1.43 bits per heavy atom. The Morgan fingerprint density at radius 1 is 0.886 bits per heavy atom. The third-order valence-electron chi connectivity index (χ3n) is 6.93. The van der Waals surface area contributed by atoms with Gasteiger partial charge in [0.25, 0.3) is 8.32 Å². The molecule has 0 radical (unpaired) electrons. The molecule has 0 amide bonds. The number of benzene rings is 3. The van der Waals surface area contributed by atoms with Gasteiger partial charge in [0.15, 0.2) is 0 Å². The number of fused-ring (bicyclic) bond motifs is 1. The van der Waals surface area contributed by atoms with Crippen molar-refractivity contribution in [3.8, 4) is 0 Å². The van der Waals surface area contributed by atoms with Gasteiger partial charge in [-0.3, -0.25) is 4.79 Å². The van der Waals surface area contributed by atoms with Crippen LogP contribution >= 0.6 is 0 Å². The summed E-state index contributed by atoms with van der Waals surface area (Å²) in [4.78, 5) is 12.5. The molecule has 0 aliphatic carbocycles. The van der Waals surface area contributed by atoms with Gasteiger partial charge in [0, 0.05) is 36.7 Å². The fourth-order valence-electron chi connectivity index (χ4n) is 5.23. The summed E-state index contributed by atoms with van der Waals surface area (Å²) < 4.78 is 14.4. The van der Waals surface area contributed by atoms with Gasteiger partial charge in [-0.05, 0) is 27.0 Å². The van der Waals surface area contributed by atoms with Crippen LogP contribution in [0.3, 0.4) is 0 Å². The summed E-state index contributed by atoms with van der Waals surface area (Å²) in [5.74, 6) is -0.357. The fraction of sp³-hybridized carbons (Fsp3) is 0.300. The summed E-state index contributed by atoms with van der Waals surface area (Å²) >= 11 is 0. The molecular formula is C30H35NO3Si. The van der Waals surface area contributed by atoms with Crippen LogP contribution in [0.2, 0.25) is 5.04 Å². The average molecular weight is 486 g/mol. The zero-order valence-corrected chi connectivity index (χ0v) is 22.3. The quantitative estimate of drug-likeness (QED) is 0.248. The lowest BCUT2D eigenvalue weighted by Crippen LogP contribution is -2.66. The Labute approximate surface area is 209 Å². The molecule has 4 aromatic rings. The molecule has 1 heterocycles. The van der Waals surface area contributed by atoms with E-state index in [0.29, 0.717) is 6.61 Å². The highest BCUT2D eigenvalue weighted by molar-refractivity contribution is 6.99. The summed E-state index contributed by atoms with van der Waals surface area (Å²) in [5.41, 5.74) is 2.26. The summed E-state index contributed by atoms with van der Waals surface area (Å²) in [7, 11) is 0.770. The van der Waals surface area contributed by atoms with E-state index in [2.05, 4.69) is 92.2 Å². The minimum absolute atomic E-state index is 0.129. The van der Waals surface area contributed by atoms with Crippen LogP contribution in [0.5, 0.6) is 0 Å². The minimum Gasteiger partial charge on any atom is -0.469 e. The number of ether oxygens (including phenoxy) is 1. The summed E-state index contributed by atoms with van der Waals surface area (Å²) in [5, 5.41) is 3.47. The van der Waals surface area contributed by atoms with Crippen molar-refractivity contribution in [1.29, 1.82) is 0 Å². The predicted molar refractivity (Wildman–Crippen MR) is 146 cm³/mol. The number of rotatable bonds is 8. The molecule has 0 saturated carbocycles. The molecule has 0 aliphatic heterocycles. The number of nitrogens with zero attached hydrogens (tertiary/aromatic N) is 1. The molecule has 0 saturated heterocycles. The summed E-state index contributed by atoms with van der Waals surface area (Å²) in [6, 6.07) is 29.5. The zero-order chi connectivity index (χ0) is 25.1. The van der Waals surface area contributed by atoms with E-state index < -0.39 is 8.32 Å². The molecule has 0 spiro atoms. The molecular weight excluding hydrogens is 450 g/mol. The first-order valence-corrected chi connectivity index (χ1v) is 14.0. The second kappa shape index (κ2) is 10.2. The van der Waals surface area contributed by atoms with Gasteiger partial charge in [0.05, 0.1) is 13.5 Å². The SMILES string of the molecule is COC(=O)C[C@H](CO[Si](c1ccccc1)(c1ccccc1)C(C)(C)C)c1cn(C)c2ccccc12. The first-order chi connectivity index (χ1) is 16.8. The van der Waals surface area contributed by atoms with Crippen LogP contribution in [-0.4, -0.2) is 32.6 Å². The van der Waals surface area contributed by atoms with Crippen LogP contribution in [-0.2, 0) is 21.0 Å². The molecule has 182 valence electrons. The molecule has 4 rings (SSSR count). The van der Waals surface area contributed by atoms with Crippen molar-refractivity contribution in [2.24, 2.45) is 7.05 Å². The second-order valence-electron chi connectivity index (χ2n) is 10.2. The van der Waals surface area contributed by atoms with Crippen LogP contribution in [0, 0.1) is 0 Å². The number of methoxy groups -OCH3 is 1. The lowest BCUT2D eigenvalue weighted by atomic mass is 9.96. The Kier molecular flexibility index (Phi) is 7.29. The van der Waals surface area contributed by atoms with Crippen molar-refractivity contribution in [1.82, 2.24) is 4.57 Å². The molecule has 4 nitrogen and oxygen atoms in total. The molecule has 5 heteroatoms. The molecule has 0 N–H and O–H groups in total. The van der Waals surface area contributed by atoms with Crippen molar-refractivity contribution in [2.45, 2.75) is 38.1 Å². The predicted octanol–water partition coefficient (Wildman–Crippen LogP) is 5.40. The highest BCUT2D eigenvalue weighted by Gasteiger charge is 2.50. The molecule has 0 fully saturated rings. The third-order valence-corrected chi connectivity index (χ3v) is 11.9. The second-order valence-corrected chi connectivity index (χ2v) is 14.5. The van der Waals surface area contributed by atoms with E-state index in [4.69, 9.17) is 9.16 Å². The Balaban J connectivity index is 1.82. The molecule has 3 aromatic carbocycles. The van der Waals surface area contributed by atoms with E-state index in [0.717, 1.165) is 16.5 Å². The number of hydrogen-bond acceptors (Lipinski definition) is 3. The molecule has 1 aromatic heterocycles. The highest BCUT2D eigenvalue weighted by atomic mass is 28.4. The summed E-state index contributed by atoms with van der Waals surface area (Å²) in [6.45, 7) is 7.24. The minimum atomic E-state index is -2.73. The number of aromatic nitrogens is 1. The van der Waals surface area contributed by atoms with Gasteiger partial charge in [-0.15, -0.1) is 0 Å². The van der Waals surface area contributed by atoms with Crippen LogP contribution in [0.25, 0.3) is 10.9 Å². The maximum absolute atomic E-state index is 12.5. The van der Waals surface area contributed by atoms with Crippen molar-refractivity contribution < 1.29 is 14.0 Å². The number of hydrogen-bond donors (Lipinski definition) is 0. The van der Waals surface area contributed by atoms with E-state index in [-0.39, 0.29) is 23.3 Å². The normalized spacial score (nSPS) is 13.1. The van der Waals surface area contributed by atoms with Crippen LogP contribution in [0.4, 0.5) is 0 Å².